The third kappa shape index (κ3) is 2.07. The summed E-state index contributed by atoms with van der Waals surface area (Å²) >= 11 is 0. The Hall–Kier alpha value is -1.32. The van der Waals surface area contributed by atoms with Gasteiger partial charge < -0.3 is 9.52 Å². The van der Waals surface area contributed by atoms with E-state index in [2.05, 4.69) is 4.98 Å². The van der Waals surface area contributed by atoms with Gasteiger partial charge in [0.25, 0.3) is 0 Å². The summed E-state index contributed by atoms with van der Waals surface area (Å²) in [7, 11) is 0. The first-order valence-corrected chi connectivity index (χ1v) is 7.14. The Morgan fingerprint density at radius 2 is 1.84 bits per heavy atom. The summed E-state index contributed by atoms with van der Waals surface area (Å²) in [6.07, 6.45) is 5.06. The topological polar surface area (TPSA) is 63.3 Å². The number of hydrogen-bond acceptors (Lipinski definition) is 3. The first-order valence-electron chi connectivity index (χ1n) is 7.14. The molecule has 19 heavy (non-hydrogen) atoms. The van der Waals surface area contributed by atoms with Gasteiger partial charge in [-0.1, -0.05) is 33.6 Å². The molecule has 4 heteroatoms. The Balaban J connectivity index is 1.94. The van der Waals surface area contributed by atoms with Gasteiger partial charge in [-0.2, -0.15) is 0 Å². The second kappa shape index (κ2) is 4.09. The highest BCUT2D eigenvalue weighted by Crippen LogP contribution is 2.61. The molecule has 2 aliphatic carbocycles. The van der Waals surface area contributed by atoms with Crippen molar-refractivity contribution < 1.29 is 14.3 Å². The van der Waals surface area contributed by atoms with E-state index in [0.717, 1.165) is 0 Å². The molecule has 1 heterocycles. The van der Waals surface area contributed by atoms with Crippen LogP contribution in [0.3, 0.4) is 0 Å². The maximum atomic E-state index is 11.3. The highest BCUT2D eigenvalue weighted by Gasteiger charge is 2.54. The molecule has 1 aromatic rings. The molecule has 3 rings (SSSR count). The summed E-state index contributed by atoms with van der Waals surface area (Å²) in [6, 6.07) is 0. The molecule has 2 fully saturated rings. The van der Waals surface area contributed by atoms with Crippen molar-refractivity contribution in [3.8, 4) is 0 Å². The van der Waals surface area contributed by atoms with Crippen LogP contribution < -0.4 is 0 Å². The molecular weight excluding hydrogens is 242 g/mol. The SMILES string of the molecule is CC(C)(C)c1nc(C2C3CCCCC32)oc1C(=O)O. The van der Waals surface area contributed by atoms with Crippen LogP contribution in [0.15, 0.2) is 4.42 Å². The fourth-order valence-corrected chi connectivity index (χ4v) is 3.49. The minimum Gasteiger partial charge on any atom is -0.475 e. The minimum absolute atomic E-state index is 0.0335. The molecule has 4 nitrogen and oxygen atoms in total. The van der Waals surface area contributed by atoms with Crippen molar-refractivity contribution in [1.29, 1.82) is 0 Å². The molecule has 0 saturated heterocycles. The highest BCUT2D eigenvalue weighted by atomic mass is 16.4. The van der Waals surface area contributed by atoms with Gasteiger partial charge in [0.05, 0.1) is 5.69 Å². The van der Waals surface area contributed by atoms with E-state index >= 15 is 0 Å². The Bertz CT molecular complexity index is 500. The normalized spacial score (nSPS) is 29.9. The zero-order chi connectivity index (χ0) is 13.8. The number of rotatable bonds is 2. The Kier molecular flexibility index (Phi) is 2.73. The lowest BCUT2D eigenvalue weighted by Gasteiger charge is -2.14. The Morgan fingerprint density at radius 3 is 2.26 bits per heavy atom. The molecule has 104 valence electrons. The molecule has 2 unspecified atom stereocenters. The van der Waals surface area contributed by atoms with E-state index in [1.54, 1.807) is 0 Å². The zero-order valence-corrected chi connectivity index (χ0v) is 11.8. The Labute approximate surface area is 113 Å². The van der Waals surface area contributed by atoms with Gasteiger partial charge in [0, 0.05) is 11.3 Å². The smallest absolute Gasteiger partial charge is 0.373 e. The van der Waals surface area contributed by atoms with Gasteiger partial charge >= 0.3 is 5.97 Å². The quantitative estimate of drug-likeness (QED) is 0.885. The molecule has 1 N–H and O–H groups in total. The highest BCUT2D eigenvalue weighted by molar-refractivity contribution is 5.86. The lowest BCUT2D eigenvalue weighted by atomic mass is 9.91. The van der Waals surface area contributed by atoms with Crippen LogP contribution in [0, 0.1) is 11.8 Å². The molecule has 2 atom stereocenters. The number of carboxylic acids is 1. The average molecular weight is 263 g/mol. The van der Waals surface area contributed by atoms with Crippen LogP contribution in [0.25, 0.3) is 0 Å². The number of fused-ring (bicyclic) bond motifs is 1. The number of oxazole rings is 1. The van der Waals surface area contributed by atoms with E-state index < -0.39 is 5.97 Å². The molecule has 0 aromatic carbocycles. The summed E-state index contributed by atoms with van der Waals surface area (Å²) in [5.74, 6) is 1.43. The van der Waals surface area contributed by atoms with Crippen molar-refractivity contribution in [3.05, 3.63) is 17.3 Å². The van der Waals surface area contributed by atoms with Crippen LogP contribution in [-0.2, 0) is 5.41 Å². The number of nitrogens with zero attached hydrogens (tertiary/aromatic N) is 1. The van der Waals surface area contributed by atoms with E-state index in [0.29, 0.717) is 29.3 Å². The predicted octanol–water partition coefficient (Wildman–Crippen LogP) is 3.57. The van der Waals surface area contributed by atoms with Gasteiger partial charge in [0.1, 0.15) is 0 Å². The second-order valence-electron chi connectivity index (χ2n) is 6.92. The lowest BCUT2D eigenvalue weighted by molar-refractivity contribution is 0.0656. The summed E-state index contributed by atoms with van der Waals surface area (Å²) in [5, 5.41) is 9.27. The molecule has 0 aliphatic heterocycles. The largest absolute Gasteiger partial charge is 0.475 e. The van der Waals surface area contributed by atoms with E-state index in [-0.39, 0.29) is 11.2 Å². The number of carboxylic acid groups (broad SMARTS) is 1. The van der Waals surface area contributed by atoms with Gasteiger partial charge in [-0.25, -0.2) is 9.78 Å². The fraction of sp³-hybridized carbons (Fsp3) is 0.733. The summed E-state index contributed by atoms with van der Waals surface area (Å²) in [5.41, 5.74) is 0.286. The van der Waals surface area contributed by atoms with Crippen LogP contribution in [0.2, 0.25) is 0 Å². The molecule has 1 aromatic heterocycles. The number of carbonyl (C=O) groups is 1. The molecule has 0 spiro atoms. The van der Waals surface area contributed by atoms with Gasteiger partial charge in [-0.15, -0.1) is 0 Å². The molecular formula is C15H21NO3. The maximum absolute atomic E-state index is 11.3. The average Bonchev–Trinajstić information content (AvgIpc) is 2.86. The van der Waals surface area contributed by atoms with Crippen LogP contribution in [-0.4, -0.2) is 16.1 Å². The second-order valence-corrected chi connectivity index (χ2v) is 6.92. The van der Waals surface area contributed by atoms with Crippen molar-refractivity contribution in [2.24, 2.45) is 11.8 Å². The molecule has 2 aliphatic rings. The fourth-order valence-electron chi connectivity index (χ4n) is 3.49. The van der Waals surface area contributed by atoms with Gasteiger partial charge in [0.2, 0.25) is 5.76 Å². The van der Waals surface area contributed by atoms with Gasteiger partial charge in [-0.05, 0) is 24.7 Å². The molecule has 2 saturated carbocycles. The Morgan fingerprint density at radius 1 is 1.26 bits per heavy atom. The van der Waals surface area contributed by atoms with Gasteiger partial charge in [0.15, 0.2) is 5.89 Å². The molecule has 0 bridgehead atoms. The van der Waals surface area contributed by atoms with Crippen LogP contribution in [0.5, 0.6) is 0 Å². The van der Waals surface area contributed by atoms with Crippen molar-refractivity contribution >= 4 is 5.97 Å². The van der Waals surface area contributed by atoms with Crippen molar-refractivity contribution in [3.63, 3.8) is 0 Å². The number of aromatic carboxylic acids is 1. The minimum atomic E-state index is -1.01. The first-order chi connectivity index (χ1) is 8.89. The monoisotopic (exact) mass is 263 g/mol. The standard InChI is InChI=1S/C15H21NO3/c1-15(2,3)12-11(14(17)18)19-13(16-12)10-8-6-4-5-7-9(8)10/h8-10H,4-7H2,1-3H3,(H,17,18). The summed E-state index contributed by atoms with van der Waals surface area (Å²) in [4.78, 5) is 15.8. The first kappa shape index (κ1) is 12.7. The van der Waals surface area contributed by atoms with Crippen LogP contribution in [0.4, 0.5) is 0 Å². The third-order valence-electron chi connectivity index (χ3n) is 4.49. The molecule has 0 amide bonds. The van der Waals surface area contributed by atoms with Crippen LogP contribution >= 0.6 is 0 Å². The summed E-state index contributed by atoms with van der Waals surface area (Å²) < 4.78 is 5.61. The van der Waals surface area contributed by atoms with E-state index in [1.165, 1.54) is 25.7 Å². The molecule has 0 radical (unpaired) electrons. The number of aromatic nitrogens is 1. The summed E-state index contributed by atoms with van der Waals surface area (Å²) in [6.45, 7) is 5.92. The predicted molar refractivity (Wildman–Crippen MR) is 70.4 cm³/mol. The van der Waals surface area contributed by atoms with Crippen LogP contribution in [0.1, 0.15) is 74.5 Å². The number of hydrogen-bond donors (Lipinski definition) is 1. The zero-order valence-electron chi connectivity index (χ0n) is 11.8. The van der Waals surface area contributed by atoms with Gasteiger partial charge in [-0.3, -0.25) is 0 Å². The van der Waals surface area contributed by atoms with E-state index in [1.807, 2.05) is 20.8 Å². The lowest BCUT2D eigenvalue weighted by Crippen LogP contribution is -2.16. The maximum Gasteiger partial charge on any atom is 0.373 e. The van der Waals surface area contributed by atoms with E-state index in [9.17, 15) is 9.90 Å². The van der Waals surface area contributed by atoms with Crippen molar-refractivity contribution in [2.45, 2.75) is 57.8 Å². The van der Waals surface area contributed by atoms with Crippen molar-refractivity contribution in [2.75, 3.05) is 0 Å². The van der Waals surface area contributed by atoms with Crippen molar-refractivity contribution in [1.82, 2.24) is 4.98 Å². The van der Waals surface area contributed by atoms with E-state index in [4.69, 9.17) is 4.42 Å². The third-order valence-corrected chi connectivity index (χ3v) is 4.49.